The van der Waals surface area contributed by atoms with E-state index in [-0.39, 0.29) is 10.8 Å². The lowest BCUT2D eigenvalue weighted by Crippen LogP contribution is -2.13. The van der Waals surface area contributed by atoms with Gasteiger partial charge in [0.05, 0.1) is 31.5 Å². The predicted octanol–water partition coefficient (Wildman–Crippen LogP) is 3.53. The van der Waals surface area contributed by atoms with Crippen molar-refractivity contribution in [1.29, 1.82) is 0 Å². The maximum atomic E-state index is 12.7. The molecule has 0 bridgehead atoms. The number of fused-ring (bicyclic) bond motifs is 1. The number of nitrogens with one attached hydrogen (secondary N) is 1. The molecule has 8 heteroatoms. The summed E-state index contributed by atoms with van der Waals surface area (Å²) >= 11 is 1.12. The third-order valence-corrected chi connectivity index (χ3v) is 5.11. The fourth-order valence-corrected chi connectivity index (χ4v) is 3.80. The van der Waals surface area contributed by atoms with E-state index in [1.54, 1.807) is 34.9 Å². The Morgan fingerprint density at radius 2 is 1.82 bits per heavy atom. The second-order valence-corrected chi connectivity index (χ2v) is 6.81. The second kappa shape index (κ2) is 8.18. The molecule has 0 saturated heterocycles. The van der Waals surface area contributed by atoms with E-state index in [4.69, 9.17) is 14.2 Å². The molecule has 28 heavy (non-hydrogen) atoms. The minimum Gasteiger partial charge on any atom is -0.493 e. The molecule has 1 heterocycles. The molecule has 2 aromatic carbocycles. The lowest BCUT2D eigenvalue weighted by molar-refractivity contribution is 0.102. The summed E-state index contributed by atoms with van der Waals surface area (Å²) in [5.41, 5.74) is 1.74. The third kappa shape index (κ3) is 3.59. The molecule has 0 saturated carbocycles. The molecular weight excluding hydrogens is 380 g/mol. The van der Waals surface area contributed by atoms with Crippen LogP contribution in [0, 0.1) is 0 Å². The van der Waals surface area contributed by atoms with Crippen LogP contribution in [-0.4, -0.2) is 31.8 Å². The molecule has 146 valence electrons. The molecule has 0 aliphatic rings. The molecule has 3 rings (SSSR count). The highest BCUT2D eigenvalue weighted by Crippen LogP contribution is 2.38. The number of allylic oxidation sites excluding steroid dienone is 1. The number of carbonyl (C=O) groups excluding carboxylic acids is 1. The number of aromatic nitrogens is 1. The third-order valence-electron chi connectivity index (χ3n) is 4.16. The maximum Gasteiger partial charge on any atom is 0.308 e. The van der Waals surface area contributed by atoms with E-state index in [1.807, 2.05) is 6.07 Å². The highest BCUT2D eigenvalue weighted by molar-refractivity contribution is 7.16. The number of nitrogens with zero attached hydrogens (tertiary/aromatic N) is 1. The van der Waals surface area contributed by atoms with E-state index < -0.39 is 0 Å². The number of hydrogen-bond acceptors (Lipinski definition) is 6. The fraction of sp³-hybridized carbons (Fsp3) is 0.200. The Morgan fingerprint density at radius 3 is 2.39 bits per heavy atom. The van der Waals surface area contributed by atoms with Crippen LogP contribution in [0.3, 0.4) is 0 Å². The lowest BCUT2D eigenvalue weighted by Gasteiger charge is -2.14. The zero-order chi connectivity index (χ0) is 20.3. The molecule has 0 aliphatic carbocycles. The van der Waals surface area contributed by atoms with Gasteiger partial charge in [0.1, 0.15) is 0 Å². The van der Waals surface area contributed by atoms with E-state index in [2.05, 4.69) is 11.9 Å². The van der Waals surface area contributed by atoms with Crippen molar-refractivity contribution in [3.8, 4) is 17.2 Å². The Hall–Kier alpha value is -3.26. The smallest absolute Gasteiger partial charge is 0.308 e. The standard InChI is InChI=1S/C20H20N2O5S/c1-5-8-22-14-7-6-13(11-17(14)28-20(22)24)21-19(23)12-9-15(25-2)18(27-4)16(10-12)26-3/h5-7,9-11H,1,8H2,2-4H3,(H,21,23). The molecule has 0 spiro atoms. The first-order valence-corrected chi connectivity index (χ1v) is 9.19. The molecule has 1 amide bonds. The molecule has 1 N–H and O–H groups in total. The molecule has 1 aromatic heterocycles. The van der Waals surface area contributed by atoms with Gasteiger partial charge in [0, 0.05) is 17.8 Å². The van der Waals surface area contributed by atoms with Gasteiger partial charge >= 0.3 is 4.87 Å². The fourth-order valence-electron chi connectivity index (χ4n) is 2.86. The second-order valence-electron chi connectivity index (χ2n) is 5.82. The number of benzene rings is 2. The van der Waals surface area contributed by atoms with Gasteiger partial charge in [-0.05, 0) is 30.3 Å². The number of methoxy groups -OCH3 is 3. The van der Waals surface area contributed by atoms with Crippen LogP contribution in [0.5, 0.6) is 17.2 Å². The summed E-state index contributed by atoms with van der Waals surface area (Å²) in [6.45, 7) is 4.11. The number of anilines is 1. The first-order chi connectivity index (χ1) is 13.5. The zero-order valence-corrected chi connectivity index (χ0v) is 16.6. The average molecular weight is 400 g/mol. The van der Waals surface area contributed by atoms with Crippen molar-refractivity contribution in [1.82, 2.24) is 4.57 Å². The van der Waals surface area contributed by atoms with Crippen LogP contribution < -0.4 is 24.4 Å². The van der Waals surface area contributed by atoms with Crippen LogP contribution in [0.15, 0.2) is 47.8 Å². The minimum atomic E-state index is -0.337. The normalized spacial score (nSPS) is 10.5. The van der Waals surface area contributed by atoms with Crippen LogP contribution in [0.4, 0.5) is 5.69 Å². The van der Waals surface area contributed by atoms with Crippen LogP contribution in [0.25, 0.3) is 10.2 Å². The van der Waals surface area contributed by atoms with Crippen molar-refractivity contribution >= 4 is 33.1 Å². The summed E-state index contributed by atoms with van der Waals surface area (Å²) in [5.74, 6) is 0.858. The van der Waals surface area contributed by atoms with Crippen molar-refractivity contribution in [2.45, 2.75) is 6.54 Å². The minimum absolute atomic E-state index is 0.0667. The summed E-state index contributed by atoms with van der Waals surface area (Å²) in [7, 11) is 4.48. The average Bonchev–Trinajstić information content (AvgIpc) is 3.01. The topological polar surface area (TPSA) is 78.8 Å². The number of carbonyl (C=O) groups is 1. The monoisotopic (exact) mass is 400 g/mol. The lowest BCUT2D eigenvalue weighted by atomic mass is 10.1. The van der Waals surface area contributed by atoms with Crippen LogP contribution in [-0.2, 0) is 6.54 Å². The van der Waals surface area contributed by atoms with Crippen LogP contribution in [0.1, 0.15) is 10.4 Å². The molecule has 7 nitrogen and oxygen atoms in total. The Kier molecular flexibility index (Phi) is 5.70. The van der Waals surface area contributed by atoms with E-state index in [0.717, 1.165) is 21.6 Å². The van der Waals surface area contributed by atoms with E-state index >= 15 is 0 Å². The van der Waals surface area contributed by atoms with Crippen molar-refractivity contribution in [3.63, 3.8) is 0 Å². The number of rotatable bonds is 7. The number of hydrogen-bond donors (Lipinski definition) is 1. The Bertz CT molecular complexity index is 1070. The molecule has 0 unspecified atom stereocenters. The highest BCUT2D eigenvalue weighted by atomic mass is 32.1. The van der Waals surface area contributed by atoms with Crippen molar-refractivity contribution in [3.05, 3.63) is 58.2 Å². The summed E-state index contributed by atoms with van der Waals surface area (Å²) in [5, 5.41) is 2.84. The molecule has 0 radical (unpaired) electrons. The summed E-state index contributed by atoms with van der Waals surface area (Å²) in [6.07, 6.45) is 1.67. The Labute approximate surface area is 165 Å². The zero-order valence-electron chi connectivity index (χ0n) is 15.8. The first kappa shape index (κ1) is 19.5. The largest absolute Gasteiger partial charge is 0.493 e. The van der Waals surface area contributed by atoms with Gasteiger partial charge in [-0.25, -0.2) is 0 Å². The highest BCUT2D eigenvalue weighted by Gasteiger charge is 2.17. The number of thiazole rings is 1. The summed E-state index contributed by atoms with van der Waals surface area (Å²) in [4.78, 5) is 24.7. The summed E-state index contributed by atoms with van der Waals surface area (Å²) in [6, 6.07) is 8.49. The molecule has 0 aliphatic heterocycles. The van der Waals surface area contributed by atoms with Gasteiger partial charge < -0.3 is 19.5 Å². The number of ether oxygens (including phenoxy) is 3. The van der Waals surface area contributed by atoms with Gasteiger partial charge in [0.15, 0.2) is 11.5 Å². The Morgan fingerprint density at radius 1 is 1.14 bits per heavy atom. The van der Waals surface area contributed by atoms with Gasteiger partial charge in [-0.3, -0.25) is 14.2 Å². The van der Waals surface area contributed by atoms with Crippen molar-refractivity contribution < 1.29 is 19.0 Å². The molecule has 0 atom stereocenters. The quantitative estimate of drug-likeness (QED) is 0.614. The predicted molar refractivity (Wildman–Crippen MR) is 110 cm³/mol. The SMILES string of the molecule is C=CCn1c(=O)sc2cc(NC(=O)c3cc(OC)c(OC)c(OC)c3)ccc21. The van der Waals surface area contributed by atoms with E-state index in [0.29, 0.717) is 35.0 Å². The van der Waals surface area contributed by atoms with Gasteiger partial charge in [-0.1, -0.05) is 17.4 Å². The van der Waals surface area contributed by atoms with Crippen molar-refractivity contribution in [2.24, 2.45) is 0 Å². The van der Waals surface area contributed by atoms with Crippen LogP contribution in [0.2, 0.25) is 0 Å². The van der Waals surface area contributed by atoms with Gasteiger partial charge in [-0.15, -0.1) is 6.58 Å². The van der Waals surface area contributed by atoms with Crippen LogP contribution >= 0.6 is 11.3 Å². The molecule has 3 aromatic rings. The van der Waals surface area contributed by atoms with Crippen molar-refractivity contribution in [2.75, 3.05) is 26.6 Å². The molecule has 0 fully saturated rings. The number of amides is 1. The van der Waals surface area contributed by atoms with E-state index in [1.165, 1.54) is 21.3 Å². The van der Waals surface area contributed by atoms with Gasteiger partial charge in [0.25, 0.3) is 5.91 Å². The van der Waals surface area contributed by atoms with E-state index in [9.17, 15) is 9.59 Å². The van der Waals surface area contributed by atoms with Gasteiger partial charge in [-0.2, -0.15) is 0 Å². The first-order valence-electron chi connectivity index (χ1n) is 8.38. The maximum absolute atomic E-state index is 12.7. The Balaban J connectivity index is 1.92. The molecular formula is C20H20N2O5S. The summed E-state index contributed by atoms with van der Waals surface area (Å²) < 4.78 is 18.3. The van der Waals surface area contributed by atoms with Gasteiger partial charge in [0.2, 0.25) is 5.75 Å².